The number of piperazine rings is 1. The molecular weight excluding hydrogens is 286 g/mol. The molecule has 1 amide bonds. The molecular formula is C19H23N3O. The number of aromatic nitrogens is 1. The van der Waals surface area contributed by atoms with Crippen molar-refractivity contribution in [3.05, 3.63) is 42.1 Å². The van der Waals surface area contributed by atoms with Gasteiger partial charge in [0.1, 0.15) is 0 Å². The molecule has 0 bridgehead atoms. The fraction of sp³-hybridized carbons (Fsp3) is 0.474. The quantitative estimate of drug-likeness (QED) is 0.875. The third kappa shape index (κ3) is 2.95. The molecule has 2 aliphatic rings. The summed E-state index contributed by atoms with van der Waals surface area (Å²) >= 11 is 0. The van der Waals surface area contributed by atoms with Crippen LogP contribution >= 0.6 is 0 Å². The van der Waals surface area contributed by atoms with Crippen LogP contribution in [0.1, 0.15) is 31.2 Å². The van der Waals surface area contributed by atoms with Crippen LogP contribution < -0.4 is 0 Å². The van der Waals surface area contributed by atoms with Gasteiger partial charge in [-0.25, -0.2) is 0 Å². The van der Waals surface area contributed by atoms with Gasteiger partial charge in [-0.05, 0) is 30.5 Å². The molecule has 1 aliphatic carbocycles. The Hall–Kier alpha value is -1.94. The Morgan fingerprint density at radius 1 is 1.09 bits per heavy atom. The van der Waals surface area contributed by atoms with E-state index < -0.39 is 0 Å². The maximum atomic E-state index is 12.5. The highest BCUT2D eigenvalue weighted by atomic mass is 16.2. The van der Waals surface area contributed by atoms with Crippen LogP contribution in [-0.2, 0) is 11.3 Å². The van der Waals surface area contributed by atoms with Gasteiger partial charge in [-0.1, -0.05) is 31.0 Å². The third-order valence-electron chi connectivity index (χ3n) is 5.24. The zero-order valence-corrected chi connectivity index (χ0v) is 13.4. The van der Waals surface area contributed by atoms with Gasteiger partial charge in [-0.3, -0.25) is 14.7 Å². The van der Waals surface area contributed by atoms with E-state index in [1.165, 1.54) is 36.6 Å². The SMILES string of the molecule is O=C1CN(Cc2ccnc3ccccc23)CCN1C1CCCC1. The second-order valence-corrected chi connectivity index (χ2v) is 6.72. The number of carbonyl (C=O) groups excluding carboxylic acids is 1. The number of hydrogen-bond acceptors (Lipinski definition) is 3. The van der Waals surface area contributed by atoms with Gasteiger partial charge in [-0.2, -0.15) is 0 Å². The molecule has 0 N–H and O–H groups in total. The molecule has 0 radical (unpaired) electrons. The van der Waals surface area contributed by atoms with E-state index in [-0.39, 0.29) is 0 Å². The highest BCUT2D eigenvalue weighted by Gasteiger charge is 2.31. The molecule has 1 saturated carbocycles. The number of benzene rings is 1. The standard InChI is InChI=1S/C19H23N3O/c23-19-14-21(11-12-22(19)16-5-1-2-6-16)13-15-9-10-20-18-8-4-3-7-17(15)18/h3-4,7-10,16H,1-2,5-6,11-14H2. The Balaban J connectivity index is 1.46. The van der Waals surface area contributed by atoms with Crippen molar-refractivity contribution < 1.29 is 4.79 Å². The maximum Gasteiger partial charge on any atom is 0.237 e. The van der Waals surface area contributed by atoms with E-state index in [1.54, 1.807) is 0 Å². The molecule has 0 atom stereocenters. The van der Waals surface area contributed by atoms with E-state index in [9.17, 15) is 4.79 Å². The largest absolute Gasteiger partial charge is 0.337 e. The van der Waals surface area contributed by atoms with E-state index in [2.05, 4.69) is 33.0 Å². The minimum absolute atomic E-state index is 0.307. The van der Waals surface area contributed by atoms with E-state index in [0.717, 1.165) is 25.2 Å². The summed E-state index contributed by atoms with van der Waals surface area (Å²) in [5, 5.41) is 1.20. The highest BCUT2D eigenvalue weighted by molar-refractivity contribution is 5.82. The molecule has 1 aromatic carbocycles. The summed E-state index contributed by atoms with van der Waals surface area (Å²) in [7, 11) is 0. The van der Waals surface area contributed by atoms with Crippen molar-refractivity contribution >= 4 is 16.8 Å². The highest BCUT2D eigenvalue weighted by Crippen LogP contribution is 2.25. The number of rotatable bonds is 3. The number of carbonyl (C=O) groups is 1. The predicted octanol–water partition coefficient (Wildman–Crippen LogP) is 2.82. The monoisotopic (exact) mass is 309 g/mol. The number of hydrogen-bond donors (Lipinski definition) is 0. The lowest BCUT2D eigenvalue weighted by Crippen LogP contribution is -2.53. The number of pyridine rings is 1. The zero-order valence-electron chi connectivity index (χ0n) is 13.4. The average molecular weight is 309 g/mol. The zero-order chi connectivity index (χ0) is 15.6. The lowest BCUT2D eigenvalue weighted by Gasteiger charge is -2.38. The van der Waals surface area contributed by atoms with E-state index in [0.29, 0.717) is 18.5 Å². The van der Waals surface area contributed by atoms with Gasteiger partial charge in [0.25, 0.3) is 0 Å². The summed E-state index contributed by atoms with van der Waals surface area (Å²) in [5.41, 5.74) is 2.29. The Morgan fingerprint density at radius 2 is 1.91 bits per heavy atom. The van der Waals surface area contributed by atoms with Crippen molar-refractivity contribution in [3.63, 3.8) is 0 Å². The normalized spacial score (nSPS) is 20.5. The number of fused-ring (bicyclic) bond motifs is 1. The molecule has 23 heavy (non-hydrogen) atoms. The van der Waals surface area contributed by atoms with Crippen LogP contribution in [0.2, 0.25) is 0 Å². The molecule has 0 unspecified atom stereocenters. The van der Waals surface area contributed by atoms with Crippen LogP contribution in [-0.4, -0.2) is 46.4 Å². The fourth-order valence-electron chi connectivity index (χ4n) is 4.01. The molecule has 4 rings (SSSR count). The first-order chi connectivity index (χ1) is 11.3. The van der Waals surface area contributed by atoms with Gasteiger partial charge in [0.05, 0.1) is 12.1 Å². The first kappa shape index (κ1) is 14.6. The predicted molar refractivity (Wildman–Crippen MR) is 91.0 cm³/mol. The van der Waals surface area contributed by atoms with Crippen molar-refractivity contribution in [1.82, 2.24) is 14.8 Å². The summed E-state index contributed by atoms with van der Waals surface area (Å²) in [6, 6.07) is 10.8. The van der Waals surface area contributed by atoms with Crippen molar-refractivity contribution in [2.24, 2.45) is 0 Å². The van der Waals surface area contributed by atoms with Crippen molar-refractivity contribution in [2.45, 2.75) is 38.3 Å². The van der Waals surface area contributed by atoms with Crippen molar-refractivity contribution in [1.29, 1.82) is 0 Å². The van der Waals surface area contributed by atoms with Gasteiger partial charge in [0.15, 0.2) is 0 Å². The summed E-state index contributed by atoms with van der Waals surface area (Å²) in [4.78, 5) is 21.3. The van der Waals surface area contributed by atoms with E-state index >= 15 is 0 Å². The second-order valence-electron chi connectivity index (χ2n) is 6.72. The Labute approximate surface area is 137 Å². The van der Waals surface area contributed by atoms with Crippen LogP contribution in [0.15, 0.2) is 36.5 Å². The topological polar surface area (TPSA) is 36.4 Å². The van der Waals surface area contributed by atoms with E-state index in [4.69, 9.17) is 0 Å². The van der Waals surface area contributed by atoms with Crippen molar-refractivity contribution in [3.8, 4) is 0 Å². The van der Waals surface area contributed by atoms with Crippen LogP contribution in [0, 0.1) is 0 Å². The van der Waals surface area contributed by atoms with Crippen LogP contribution in [0.3, 0.4) is 0 Å². The molecule has 2 heterocycles. The third-order valence-corrected chi connectivity index (χ3v) is 5.24. The minimum atomic E-state index is 0.307. The first-order valence-electron chi connectivity index (χ1n) is 8.66. The smallest absolute Gasteiger partial charge is 0.237 e. The number of para-hydroxylation sites is 1. The van der Waals surface area contributed by atoms with Gasteiger partial charge in [0, 0.05) is 37.3 Å². The van der Waals surface area contributed by atoms with Crippen LogP contribution in [0.5, 0.6) is 0 Å². The summed E-state index contributed by atoms with van der Waals surface area (Å²) < 4.78 is 0. The summed E-state index contributed by atoms with van der Waals surface area (Å²) in [6.45, 7) is 3.23. The number of amides is 1. The molecule has 120 valence electrons. The maximum absolute atomic E-state index is 12.5. The Kier molecular flexibility index (Phi) is 4.00. The molecule has 2 fully saturated rings. The molecule has 0 spiro atoms. The lowest BCUT2D eigenvalue weighted by molar-refractivity contribution is -0.138. The Bertz CT molecular complexity index is 703. The summed E-state index contributed by atoms with van der Waals surface area (Å²) in [6.07, 6.45) is 6.82. The molecule has 1 aromatic heterocycles. The minimum Gasteiger partial charge on any atom is -0.337 e. The van der Waals surface area contributed by atoms with Gasteiger partial charge in [0.2, 0.25) is 5.91 Å². The molecule has 1 saturated heterocycles. The first-order valence-corrected chi connectivity index (χ1v) is 8.66. The lowest BCUT2D eigenvalue weighted by atomic mass is 10.1. The molecule has 4 heteroatoms. The van der Waals surface area contributed by atoms with Gasteiger partial charge in [-0.15, -0.1) is 0 Å². The molecule has 4 nitrogen and oxygen atoms in total. The van der Waals surface area contributed by atoms with Crippen LogP contribution in [0.25, 0.3) is 10.9 Å². The van der Waals surface area contributed by atoms with Crippen molar-refractivity contribution in [2.75, 3.05) is 19.6 Å². The van der Waals surface area contributed by atoms with Crippen LogP contribution in [0.4, 0.5) is 0 Å². The van der Waals surface area contributed by atoms with Gasteiger partial charge >= 0.3 is 0 Å². The fourth-order valence-corrected chi connectivity index (χ4v) is 4.01. The van der Waals surface area contributed by atoms with E-state index in [1.807, 2.05) is 18.3 Å². The summed E-state index contributed by atoms with van der Waals surface area (Å²) in [5.74, 6) is 0.307. The molecule has 1 aliphatic heterocycles. The number of nitrogens with zero attached hydrogens (tertiary/aromatic N) is 3. The average Bonchev–Trinajstić information content (AvgIpc) is 3.10. The van der Waals surface area contributed by atoms with Gasteiger partial charge < -0.3 is 4.90 Å². The molecule has 2 aromatic rings. The Morgan fingerprint density at radius 3 is 2.74 bits per heavy atom. The second kappa shape index (κ2) is 6.28.